The first kappa shape index (κ1) is 14.5. The molecule has 0 aliphatic carbocycles. The number of hydrogen-bond donors (Lipinski definition) is 3. The number of carbonyl (C=O) groups excluding carboxylic acids is 1. The summed E-state index contributed by atoms with van der Waals surface area (Å²) in [6.45, 7) is 0. The van der Waals surface area contributed by atoms with Gasteiger partial charge in [0.2, 0.25) is 0 Å². The Kier molecular flexibility index (Phi) is 3.84. The number of H-pyrrole nitrogens is 1. The molecule has 3 rings (SSSR count). The average Bonchev–Trinajstić information content (AvgIpc) is 2.98. The number of benzene rings is 1. The van der Waals surface area contributed by atoms with Crippen LogP contribution in [0, 0.1) is 0 Å². The van der Waals surface area contributed by atoms with Gasteiger partial charge in [-0.3, -0.25) is 9.78 Å². The monoisotopic (exact) mass is 308 g/mol. The van der Waals surface area contributed by atoms with Crippen molar-refractivity contribution in [2.75, 3.05) is 0 Å². The van der Waals surface area contributed by atoms with Crippen molar-refractivity contribution in [1.82, 2.24) is 15.4 Å². The summed E-state index contributed by atoms with van der Waals surface area (Å²) in [5, 5.41) is 13.8. The summed E-state index contributed by atoms with van der Waals surface area (Å²) < 4.78 is 0. The molecule has 0 saturated heterocycles. The predicted octanol–water partition coefficient (Wildman–Crippen LogP) is 2.03. The topological polar surface area (TPSA) is 107 Å². The third kappa shape index (κ3) is 2.93. The van der Waals surface area contributed by atoms with Gasteiger partial charge in [0.25, 0.3) is 5.91 Å². The molecule has 0 spiro atoms. The van der Waals surface area contributed by atoms with Crippen molar-refractivity contribution in [3.8, 4) is 0 Å². The highest BCUT2D eigenvalue weighted by Gasteiger charge is 2.11. The maximum Gasteiger partial charge on any atom is 0.337 e. The smallest absolute Gasteiger partial charge is 0.337 e. The molecule has 3 N–H and O–H groups in total. The second-order valence-electron chi connectivity index (χ2n) is 4.71. The summed E-state index contributed by atoms with van der Waals surface area (Å²) in [5.74, 6) is -1.36. The van der Waals surface area contributed by atoms with Gasteiger partial charge in [-0.25, -0.2) is 10.2 Å². The standard InChI is InChI=1S/C16H12N4O3/c21-15(10-4-6-17-7-5-10)20-19-9-11-8-18-14-12(11)2-1-3-13(14)16(22)23/h1-9,18H,(H,20,21)(H,22,23)/b19-9-. The van der Waals surface area contributed by atoms with Crippen LogP contribution in [0.5, 0.6) is 0 Å². The number of para-hydroxylation sites is 1. The zero-order valence-electron chi connectivity index (χ0n) is 11.9. The predicted molar refractivity (Wildman–Crippen MR) is 84.6 cm³/mol. The summed E-state index contributed by atoms with van der Waals surface area (Å²) in [6, 6.07) is 8.12. The third-order valence-corrected chi connectivity index (χ3v) is 3.29. The molecule has 0 atom stereocenters. The first-order valence-corrected chi connectivity index (χ1v) is 6.73. The first-order chi connectivity index (χ1) is 11.2. The Morgan fingerprint density at radius 1 is 1.22 bits per heavy atom. The van der Waals surface area contributed by atoms with Crippen LogP contribution in [0.25, 0.3) is 10.9 Å². The van der Waals surface area contributed by atoms with E-state index in [1.807, 2.05) is 0 Å². The van der Waals surface area contributed by atoms with Crippen LogP contribution in [0.3, 0.4) is 0 Å². The minimum atomic E-state index is -1.01. The van der Waals surface area contributed by atoms with Crippen molar-refractivity contribution in [2.45, 2.75) is 0 Å². The summed E-state index contributed by atoms with van der Waals surface area (Å²) >= 11 is 0. The number of aromatic amines is 1. The molecular weight excluding hydrogens is 296 g/mol. The van der Waals surface area contributed by atoms with Gasteiger partial charge < -0.3 is 10.1 Å². The van der Waals surface area contributed by atoms with Crippen molar-refractivity contribution >= 4 is 29.0 Å². The number of nitrogens with zero attached hydrogens (tertiary/aromatic N) is 2. The number of hydrazone groups is 1. The van der Waals surface area contributed by atoms with Crippen molar-refractivity contribution in [1.29, 1.82) is 0 Å². The van der Waals surface area contributed by atoms with Crippen LogP contribution < -0.4 is 5.43 Å². The number of carboxylic acid groups (broad SMARTS) is 1. The fraction of sp³-hybridized carbons (Fsp3) is 0. The maximum absolute atomic E-state index is 11.8. The lowest BCUT2D eigenvalue weighted by atomic mass is 10.1. The van der Waals surface area contributed by atoms with Crippen LogP contribution in [-0.4, -0.2) is 33.2 Å². The number of hydrogen-bond acceptors (Lipinski definition) is 4. The van der Waals surface area contributed by atoms with Gasteiger partial charge in [0.1, 0.15) is 0 Å². The lowest BCUT2D eigenvalue weighted by Gasteiger charge is -1.99. The van der Waals surface area contributed by atoms with Crippen molar-refractivity contribution in [3.05, 3.63) is 65.6 Å². The fourth-order valence-corrected chi connectivity index (χ4v) is 2.19. The van der Waals surface area contributed by atoms with E-state index in [9.17, 15) is 9.59 Å². The van der Waals surface area contributed by atoms with E-state index in [1.54, 1.807) is 30.5 Å². The van der Waals surface area contributed by atoms with Gasteiger partial charge in [0, 0.05) is 35.1 Å². The largest absolute Gasteiger partial charge is 0.478 e. The number of fused-ring (bicyclic) bond motifs is 1. The molecule has 3 aromatic rings. The second-order valence-corrected chi connectivity index (χ2v) is 4.71. The Hall–Kier alpha value is -3.48. The molecule has 2 heterocycles. The number of amides is 1. The molecule has 2 aromatic heterocycles. The van der Waals surface area contributed by atoms with E-state index in [2.05, 4.69) is 20.5 Å². The summed E-state index contributed by atoms with van der Waals surface area (Å²) in [6.07, 6.45) is 6.14. The molecule has 0 aliphatic heterocycles. The Labute approximate surface area is 130 Å². The number of aromatic carboxylic acids is 1. The van der Waals surface area contributed by atoms with Gasteiger partial charge in [0.05, 0.1) is 17.3 Å². The van der Waals surface area contributed by atoms with E-state index in [-0.39, 0.29) is 11.5 Å². The SMILES string of the molecule is O=C(N/N=C\c1c[nH]c2c(C(=O)O)cccc12)c1ccncc1. The van der Waals surface area contributed by atoms with E-state index in [1.165, 1.54) is 24.7 Å². The average molecular weight is 308 g/mol. The number of nitrogens with one attached hydrogen (secondary N) is 2. The molecule has 1 amide bonds. The van der Waals surface area contributed by atoms with E-state index >= 15 is 0 Å². The molecule has 7 nitrogen and oxygen atoms in total. The molecule has 0 radical (unpaired) electrons. The third-order valence-electron chi connectivity index (χ3n) is 3.29. The van der Waals surface area contributed by atoms with E-state index in [4.69, 9.17) is 5.11 Å². The lowest BCUT2D eigenvalue weighted by molar-refractivity contribution is 0.0698. The first-order valence-electron chi connectivity index (χ1n) is 6.73. The van der Waals surface area contributed by atoms with Gasteiger partial charge in [-0.2, -0.15) is 5.10 Å². The van der Waals surface area contributed by atoms with E-state index in [0.29, 0.717) is 22.0 Å². The van der Waals surface area contributed by atoms with Crippen LogP contribution in [-0.2, 0) is 0 Å². The maximum atomic E-state index is 11.8. The van der Waals surface area contributed by atoms with Crippen molar-refractivity contribution in [2.24, 2.45) is 5.10 Å². The number of aromatic nitrogens is 2. The van der Waals surface area contributed by atoms with Gasteiger partial charge in [-0.15, -0.1) is 0 Å². The second kappa shape index (κ2) is 6.10. The van der Waals surface area contributed by atoms with Crippen LogP contribution in [0.1, 0.15) is 26.3 Å². The molecule has 0 fully saturated rings. The molecule has 23 heavy (non-hydrogen) atoms. The Morgan fingerprint density at radius 2 is 2.00 bits per heavy atom. The van der Waals surface area contributed by atoms with Gasteiger partial charge in [0.15, 0.2) is 0 Å². The van der Waals surface area contributed by atoms with E-state index < -0.39 is 5.97 Å². The Bertz CT molecular complexity index is 900. The number of carbonyl (C=O) groups is 2. The normalized spacial score (nSPS) is 11.0. The van der Waals surface area contributed by atoms with Crippen LogP contribution >= 0.6 is 0 Å². The fourth-order valence-electron chi connectivity index (χ4n) is 2.19. The zero-order valence-corrected chi connectivity index (χ0v) is 11.9. The highest BCUT2D eigenvalue weighted by molar-refractivity contribution is 6.07. The van der Waals surface area contributed by atoms with Crippen LogP contribution in [0.15, 0.2) is 54.0 Å². The quantitative estimate of drug-likeness (QED) is 0.506. The highest BCUT2D eigenvalue weighted by atomic mass is 16.4. The van der Waals surface area contributed by atoms with Crippen LogP contribution in [0.4, 0.5) is 0 Å². The van der Waals surface area contributed by atoms with Crippen LogP contribution in [0.2, 0.25) is 0 Å². The lowest BCUT2D eigenvalue weighted by Crippen LogP contribution is -2.17. The summed E-state index contributed by atoms with van der Waals surface area (Å²) in [7, 11) is 0. The molecule has 0 bridgehead atoms. The summed E-state index contributed by atoms with van der Waals surface area (Å²) in [5.41, 5.74) is 4.24. The highest BCUT2D eigenvalue weighted by Crippen LogP contribution is 2.20. The van der Waals surface area contributed by atoms with Gasteiger partial charge >= 0.3 is 5.97 Å². The zero-order chi connectivity index (χ0) is 16.2. The number of rotatable bonds is 4. The molecule has 1 aromatic carbocycles. The Balaban J connectivity index is 1.81. The van der Waals surface area contributed by atoms with Crippen molar-refractivity contribution < 1.29 is 14.7 Å². The Morgan fingerprint density at radius 3 is 2.74 bits per heavy atom. The molecule has 7 heteroatoms. The van der Waals surface area contributed by atoms with Gasteiger partial charge in [-0.05, 0) is 18.2 Å². The molecule has 114 valence electrons. The van der Waals surface area contributed by atoms with Gasteiger partial charge in [-0.1, -0.05) is 12.1 Å². The minimum Gasteiger partial charge on any atom is -0.478 e. The molecule has 0 unspecified atom stereocenters. The van der Waals surface area contributed by atoms with E-state index in [0.717, 1.165) is 0 Å². The molecular formula is C16H12N4O3. The molecule has 0 saturated carbocycles. The minimum absolute atomic E-state index is 0.183. The number of pyridine rings is 1. The summed E-state index contributed by atoms with van der Waals surface area (Å²) in [4.78, 5) is 29.8. The number of carboxylic acids is 1. The van der Waals surface area contributed by atoms with Crippen molar-refractivity contribution in [3.63, 3.8) is 0 Å². The molecule has 0 aliphatic rings.